The molecule has 0 aliphatic rings. The lowest BCUT2D eigenvalue weighted by Crippen LogP contribution is -2.23. The fourth-order valence-electron chi connectivity index (χ4n) is 3.33. The van der Waals surface area contributed by atoms with Gasteiger partial charge in [0.2, 0.25) is 5.56 Å². The number of hydrogen-bond donors (Lipinski definition) is 2. The molecule has 0 aliphatic carbocycles. The van der Waals surface area contributed by atoms with E-state index in [4.69, 9.17) is 16.3 Å². The highest BCUT2D eigenvalue weighted by Gasteiger charge is 2.18. The lowest BCUT2D eigenvalue weighted by molar-refractivity contribution is -0.119. The number of ether oxygens (including phenoxy) is 1. The Labute approximate surface area is 193 Å². The van der Waals surface area contributed by atoms with E-state index in [1.165, 1.54) is 18.2 Å². The Morgan fingerprint density at radius 1 is 0.879 bits per heavy atom. The van der Waals surface area contributed by atoms with Crippen LogP contribution in [0.5, 0.6) is 0 Å². The number of nitrogens with one attached hydrogen (secondary N) is 2. The molecule has 0 bridgehead atoms. The third-order valence-electron chi connectivity index (χ3n) is 4.84. The van der Waals surface area contributed by atoms with E-state index in [2.05, 4.69) is 10.3 Å². The van der Waals surface area contributed by atoms with Gasteiger partial charge in [0.15, 0.2) is 12.4 Å². The second-order valence-corrected chi connectivity index (χ2v) is 7.54. The lowest BCUT2D eigenvalue weighted by Gasteiger charge is -2.12. The molecule has 4 rings (SSSR count). The van der Waals surface area contributed by atoms with Crippen LogP contribution in [0.3, 0.4) is 0 Å². The molecule has 1 amide bonds. The molecule has 0 atom stereocenters. The van der Waals surface area contributed by atoms with Crippen molar-refractivity contribution in [3.05, 3.63) is 111 Å². The van der Waals surface area contributed by atoms with E-state index in [1.54, 1.807) is 54.6 Å². The standard InChI is InChI=1S/C25H17ClN2O5/c26-16-10-11-21(19(12-16)24(31)15-6-2-1-3-7-15)28-23(30)14-33-25(32)18-13-22(29)27-20-9-5-4-8-17(18)20/h1-13H,14H2,(H,27,29)(H,28,30). The quantitative estimate of drug-likeness (QED) is 0.331. The van der Waals surface area contributed by atoms with E-state index in [0.717, 1.165) is 6.07 Å². The number of benzene rings is 3. The molecule has 0 spiro atoms. The van der Waals surface area contributed by atoms with Crippen molar-refractivity contribution in [2.45, 2.75) is 0 Å². The molecule has 4 aromatic rings. The highest BCUT2D eigenvalue weighted by Crippen LogP contribution is 2.24. The number of rotatable bonds is 6. The summed E-state index contributed by atoms with van der Waals surface area (Å²) in [5, 5.41) is 3.41. The van der Waals surface area contributed by atoms with Crippen molar-refractivity contribution < 1.29 is 19.1 Å². The number of ketones is 1. The Hall–Kier alpha value is -4.23. The van der Waals surface area contributed by atoms with E-state index in [1.807, 2.05) is 0 Å². The first-order valence-corrected chi connectivity index (χ1v) is 10.3. The number of amides is 1. The summed E-state index contributed by atoms with van der Waals surface area (Å²) in [6.07, 6.45) is 0. The van der Waals surface area contributed by atoms with Crippen LogP contribution in [0, 0.1) is 0 Å². The van der Waals surface area contributed by atoms with Gasteiger partial charge in [-0.25, -0.2) is 4.79 Å². The second kappa shape index (κ2) is 9.50. The van der Waals surface area contributed by atoms with Crippen molar-refractivity contribution in [2.75, 3.05) is 11.9 Å². The zero-order valence-corrected chi connectivity index (χ0v) is 17.9. The van der Waals surface area contributed by atoms with Gasteiger partial charge in [-0.2, -0.15) is 0 Å². The normalized spacial score (nSPS) is 10.6. The van der Waals surface area contributed by atoms with Crippen LogP contribution in [-0.4, -0.2) is 29.3 Å². The number of fused-ring (bicyclic) bond motifs is 1. The first-order valence-electron chi connectivity index (χ1n) is 9.91. The van der Waals surface area contributed by atoms with Crippen LogP contribution in [0.25, 0.3) is 10.9 Å². The van der Waals surface area contributed by atoms with E-state index in [9.17, 15) is 19.2 Å². The number of para-hydroxylation sites is 1. The number of hydrogen-bond acceptors (Lipinski definition) is 5. The maximum Gasteiger partial charge on any atom is 0.339 e. The van der Waals surface area contributed by atoms with Gasteiger partial charge in [0, 0.05) is 33.1 Å². The molecule has 2 N–H and O–H groups in total. The summed E-state index contributed by atoms with van der Waals surface area (Å²) in [5.41, 5.74) is 0.934. The highest BCUT2D eigenvalue weighted by atomic mass is 35.5. The molecule has 0 saturated carbocycles. The summed E-state index contributed by atoms with van der Waals surface area (Å²) in [5.74, 6) is -1.79. The number of halogens is 1. The lowest BCUT2D eigenvalue weighted by atomic mass is 10.0. The predicted octanol–water partition coefficient (Wildman–Crippen LogP) is 4.21. The van der Waals surface area contributed by atoms with Crippen LogP contribution in [-0.2, 0) is 9.53 Å². The van der Waals surface area contributed by atoms with Gasteiger partial charge in [-0.15, -0.1) is 0 Å². The summed E-state index contributed by atoms with van der Waals surface area (Å²) in [6, 6.07) is 20.9. The number of esters is 1. The molecule has 1 heterocycles. The van der Waals surface area contributed by atoms with Gasteiger partial charge in [-0.3, -0.25) is 14.4 Å². The molecule has 0 saturated heterocycles. The number of H-pyrrole nitrogens is 1. The van der Waals surface area contributed by atoms with Crippen LogP contribution in [0.15, 0.2) is 83.7 Å². The van der Waals surface area contributed by atoms with E-state index in [-0.39, 0.29) is 22.6 Å². The van der Waals surface area contributed by atoms with E-state index in [0.29, 0.717) is 21.5 Å². The van der Waals surface area contributed by atoms with Gasteiger partial charge in [0.1, 0.15) is 0 Å². The van der Waals surface area contributed by atoms with Crippen LogP contribution in [0.4, 0.5) is 5.69 Å². The maximum absolute atomic E-state index is 12.9. The first kappa shape index (κ1) is 22.0. The smallest absolute Gasteiger partial charge is 0.339 e. The van der Waals surface area contributed by atoms with Gasteiger partial charge < -0.3 is 15.0 Å². The summed E-state index contributed by atoms with van der Waals surface area (Å²) in [7, 11) is 0. The molecule has 33 heavy (non-hydrogen) atoms. The molecule has 0 fully saturated rings. The molecule has 7 nitrogen and oxygen atoms in total. The van der Waals surface area contributed by atoms with Crippen molar-refractivity contribution in [3.63, 3.8) is 0 Å². The third-order valence-corrected chi connectivity index (χ3v) is 5.08. The van der Waals surface area contributed by atoms with Gasteiger partial charge in [-0.1, -0.05) is 60.1 Å². The Balaban J connectivity index is 1.50. The molecular weight excluding hydrogens is 444 g/mol. The summed E-state index contributed by atoms with van der Waals surface area (Å²) >= 11 is 6.05. The predicted molar refractivity (Wildman–Crippen MR) is 125 cm³/mol. The molecule has 1 aromatic heterocycles. The topological polar surface area (TPSA) is 105 Å². The van der Waals surface area contributed by atoms with Gasteiger partial charge >= 0.3 is 5.97 Å². The van der Waals surface area contributed by atoms with E-state index >= 15 is 0 Å². The third kappa shape index (κ3) is 4.99. The van der Waals surface area contributed by atoms with Crippen molar-refractivity contribution in [1.82, 2.24) is 4.98 Å². The van der Waals surface area contributed by atoms with Crippen molar-refractivity contribution >= 4 is 45.9 Å². The Bertz CT molecular complexity index is 1430. The summed E-state index contributed by atoms with van der Waals surface area (Å²) in [4.78, 5) is 52.4. The minimum absolute atomic E-state index is 0.0496. The van der Waals surface area contributed by atoms with Crippen LogP contribution in [0.2, 0.25) is 5.02 Å². The van der Waals surface area contributed by atoms with Gasteiger partial charge in [0.25, 0.3) is 5.91 Å². The zero-order chi connectivity index (χ0) is 23.4. The van der Waals surface area contributed by atoms with Crippen molar-refractivity contribution in [2.24, 2.45) is 0 Å². The maximum atomic E-state index is 12.9. The molecule has 0 radical (unpaired) electrons. The largest absolute Gasteiger partial charge is 0.452 e. The first-order chi connectivity index (χ1) is 15.9. The highest BCUT2D eigenvalue weighted by molar-refractivity contribution is 6.31. The fraction of sp³-hybridized carbons (Fsp3) is 0.0400. The van der Waals surface area contributed by atoms with E-state index < -0.39 is 24.0 Å². The van der Waals surface area contributed by atoms with Crippen LogP contribution < -0.4 is 10.9 Å². The average molecular weight is 461 g/mol. The zero-order valence-electron chi connectivity index (χ0n) is 17.1. The number of anilines is 1. The molecule has 8 heteroatoms. The number of aromatic amines is 1. The minimum Gasteiger partial charge on any atom is -0.452 e. The van der Waals surface area contributed by atoms with Crippen LogP contribution in [0.1, 0.15) is 26.3 Å². The number of carbonyl (C=O) groups is 3. The van der Waals surface area contributed by atoms with Gasteiger partial charge in [0.05, 0.1) is 11.3 Å². The monoisotopic (exact) mass is 460 g/mol. The number of aromatic nitrogens is 1. The molecular formula is C25H17ClN2O5. The minimum atomic E-state index is -0.816. The fourth-order valence-corrected chi connectivity index (χ4v) is 3.50. The average Bonchev–Trinajstić information content (AvgIpc) is 2.83. The summed E-state index contributed by atoms with van der Waals surface area (Å²) in [6.45, 7) is -0.610. The second-order valence-electron chi connectivity index (χ2n) is 7.10. The van der Waals surface area contributed by atoms with Crippen molar-refractivity contribution in [1.29, 1.82) is 0 Å². The molecule has 0 unspecified atom stereocenters. The Morgan fingerprint density at radius 3 is 2.39 bits per heavy atom. The van der Waals surface area contributed by atoms with Crippen LogP contribution >= 0.6 is 11.6 Å². The van der Waals surface area contributed by atoms with Gasteiger partial charge in [-0.05, 0) is 24.3 Å². The summed E-state index contributed by atoms with van der Waals surface area (Å²) < 4.78 is 5.12. The number of pyridine rings is 1. The Morgan fingerprint density at radius 2 is 1.61 bits per heavy atom. The molecule has 3 aromatic carbocycles. The molecule has 164 valence electrons. The molecule has 0 aliphatic heterocycles. The van der Waals surface area contributed by atoms with Crippen molar-refractivity contribution in [3.8, 4) is 0 Å². The number of carbonyl (C=O) groups excluding carboxylic acids is 3. The Kier molecular flexibility index (Phi) is 6.33. The SMILES string of the molecule is O=C(COC(=O)c1cc(=O)[nH]c2ccccc12)Nc1ccc(Cl)cc1C(=O)c1ccccc1.